The lowest BCUT2D eigenvalue weighted by atomic mass is 10.0. The van der Waals surface area contributed by atoms with E-state index >= 15 is 0 Å². The van der Waals surface area contributed by atoms with Crippen LogP contribution in [0.25, 0.3) is 0 Å². The fourth-order valence-electron chi connectivity index (χ4n) is 2.05. The highest BCUT2D eigenvalue weighted by molar-refractivity contribution is 6.36. The Morgan fingerprint density at radius 2 is 2.00 bits per heavy atom. The second kappa shape index (κ2) is 6.42. The summed E-state index contributed by atoms with van der Waals surface area (Å²) in [5.41, 5.74) is 2.11. The Morgan fingerprint density at radius 3 is 2.53 bits per heavy atom. The van der Waals surface area contributed by atoms with E-state index in [0.29, 0.717) is 10.0 Å². The normalized spacial score (nSPS) is 12.6. The zero-order valence-corrected chi connectivity index (χ0v) is 12.5. The molecule has 0 radical (unpaired) electrons. The molecular formula is C14H17Cl2N3. The monoisotopic (exact) mass is 297 g/mol. The van der Waals surface area contributed by atoms with Crippen molar-refractivity contribution < 1.29 is 0 Å². The third-order valence-corrected chi connectivity index (χ3v) is 3.91. The summed E-state index contributed by atoms with van der Waals surface area (Å²) in [7, 11) is 1.93. The van der Waals surface area contributed by atoms with Crippen molar-refractivity contribution in [3.8, 4) is 0 Å². The number of likely N-dealkylation sites (N-methyl/N-ethyl adjacent to an activating group) is 1. The van der Waals surface area contributed by atoms with E-state index in [-0.39, 0.29) is 6.04 Å². The van der Waals surface area contributed by atoms with Gasteiger partial charge in [0.1, 0.15) is 0 Å². The zero-order chi connectivity index (χ0) is 13.8. The van der Waals surface area contributed by atoms with Crippen LogP contribution >= 0.6 is 23.2 Å². The van der Waals surface area contributed by atoms with E-state index in [2.05, 4.69) is 17.3 Å². The van der Waals surface area contributed by atoms with Gasteiger partial charge in [-0.1, -0.05) is 29.3 Å². The Bertz CT molecular complexity index is 531. The van der Waals surface area contributed by atoms with Gasteiger partial charge in [-0.05, 0) is 38.1 Å². The van der Waals surface area contributed by atoms with Crippen molar-refractivity contribution in [2.45, 2.75) is 25.9 Å². The third-order valence-electron chi connectivity index (χ3n) is 3.20. The smallest absolute Gasteiger partial charge is 0.0537 e. The SMILES string of the molecule is CCn1cc(C(Cc2c(Cl)cccc2Cl)NC)cn1. The highest BCUT2D eigenvalue weighted by Crippen LogP contribution is 2.29. The van der Waals surface area contributed by atoms with Gasteiger partial charge >= 0.3 is 0 Å². The second-order valence-electron chi connectivity index (χ2n) is 4.37. The minimum absolute atomic E-state index is 0.151. The molecule has 2 rings (SSSR count). The number of halogens is 2. The van der Waals surface area contributed by atoms with Crippen LogP contribution in [0.1, 0.15) is 24.1 Å². The first-order valence-corrected chi connectivity index (χ1v) is 7.03. The van der Waals surface area contributed by atoms with Gasteiger partial charge < -0.3 is 5.32 Å². The van der Waals surface area contributed by atoms with Crippen LogP contribution in [0.5, 0.6) is 0 Å². The second-order valence-corrected chi connectivity index (χ2v) is 5.19. The lowest BCUT2D eigenvalue weighted by Crippen LogP contribution is -2.18. The quantitative estimate of drug-likeness (QED) is 0.912. The molecular weight excluding hydrogens is 281 g/mol. The van der Waals surface area contributed by atoms with Crippen LogP contribution in [-0.4, -0.2) is 16.8 Å². The standard InChI is InChI=1S/C14H17Cl2N3/c1-3-19-9-10(8-18-19)14(17-2)7-11-12(15)5-4-6-13(11)16/h4-6,8-9,14,17H,3,7H2,1-2H3. The van der Waals surface area contributed by atoms with Gasteiger partial charge in [-0.25, -0.2) is 0 Å². The Morgan fingerprint density at radius 1 is 1.32 bits per heavy atom. The number of nitrogens with one attached hydrogen (secondary N) is 1. The highest BCUT2D eigenvalue weighted by atomic mass is 35.5. The van der Waals surface area contributed by atoms with E-state index in [0.717, 1.165) is 24.1 Å². The van der Waals surface area contributed by atoms with Crippen LogP contribution in [0.4, 0.5) is 0 Å². The Labute approximate surface area is 123 Å². The molecule has 5 heteroatoms. The van der Waals surface area contributed by atoms with Gasteiger partial charge in [-0.2, -0.15) is 5.10 Å². The van der Waals surface area contributed by atoms with Crippen molar-refractivity contribution in [2.24, 2.45) is 0 Å². The van der Waals surface area contributed by atoms with Gasteiger partial charge in [0.05, 0.1) is 6.20 Å². The van der Waals surface area contributed by atoms with Gasteiger partial charge in [0.25, 0.3) is 0 Å². The maximum absolute atomic E-state index is 6.22. The number of nitrogens with zero attached hydrogens (tertiary/aromatic N) is 2. The van der Waals surface area contributed by atoms with Crippen molar-refractivity contribution in [1.82, 2.24) is 15.1 Å². The van der Waals surface area contributed by atoms with Gasteiger partial charge in [-0.15, -0.1) is 0 Å². The number of hydrogen-bond acceptors (Lipinski definition) is 2. The van der Waals surface area contributed by atoms with Crippen LogP contribution in [0.15, 0.2) is 30.6 Å². The molecule has 0 aliphatic carbocycles. The number of aryl methyl sites for hydroxylation is 1. The van der Waals surface area contributed by atoms with Gasteiger partial charge in [0.2, 0.25) is 0 Å². The molecule has 1 atom stereocenters. The largest absolute Gasteiger partial charge is 0.313 e. The average Bonchev–Trinajstić information content (AvgIpc) is 2.87. The number of hydrogen-bond donors (Lipinski definition) is 1. The minimum Gasteiger partial charge on any atom is -0.313 e. The molecule has 1 heterocycles. The molecule has 0 fully saturated rings. The maximum Gasteiger partial charge on any atom is 0.0537 e. The van der Waals surface area contributed by atoms with Gasteiger partial charge in [0.15, 0.2) is 0 Å². The van der Waals surface area contributed by atoms with E-state index in [1.807, 2.05) is 42.3 Å². The Hall–Kier alpha value is -1.03. The first kappa shape index (κ1) is 14.4. The van der Waals surface area contributed by atoms with Crippen LogP contribution in [0.2, 0.25) is 10.0 Å². The molecule has 0 amide bonds. The Balaban J connectivity index is 2.24. The molecule has 19 heavy (non-hydrogen) atoms. The van der Waals surface area contributed by atoms with E-state index in [1.54, 1.807) is 0 Å². The van der Waals surface area contributed by atoms with E-state index < -0.39 is 0 Å². The molecule has 1 aromatic heterocycles. The van der Waals surface area contributed by atoms with Gasteiger partial charge in [-0.3, -0.25) is 4.68 Å². The fraction of sp³-hybridized carbons (Fsp3) is 0.357. The van der Waals surface area contributed by atoms with E-state index in [9.17, 15) is 0 Å². The molecule has 102 valence electrons. The van der Waals surface area contributed by atoms with Crippen LogP contribution in [-0.2, 0) is 13.0 Å². The summed E-state index contributed by atoms with van der Waals surface area (Å²) in [4.78, 5) is 0. The van der Waals surface area contributed by atoms with Crippen LogP contribution < -0.4 is 5.32 Å². The van der Waals surface area contributed by atoms with Crippen LogP contribution in [0.3, 0.4) is 0 Å². The predicted molar refractivity (Wildman–Crippen MR) is 79.9 cm³/mol. The van der Waals surface area contributed by atoms with Crippen molar-refractivity contribution in [1.29, 1.82) is 0 Å². The lowest BCUT2D eigenvalue weighted by Gasteiger charge is -2.16. The third kappa shape index (κ3) is 3.30. The summed E-state index contributed by atoms with van der Waals surface area (Å²) in [5, 5.41) is 9.00. The summed E-state index contributed by atoms with van der Waals surface area (Å²) in [6.07, 6.45) is 4.67. The zero-order valence-electron chi connectivity index (χ0n) is 11.0. The van der Waals surface area contributed by atoms with Crippen molar-refractivity contribution in [3.05, 3.63) is 51.8 Å². The molecule has 1 N–H and O–H groups in total. The molecule has 0 aliphatic heterocycles. The topological polar surface area (TPSA) is 29.9 Å². The lowest BCUT2D eigenvalue weighted by molar-refractivity contribution is 0.589. The predicted octanol–water partition coefficient (Wildman–Crippen LogP) is 3.71. The summed E-state index contributed by atoms with van der Waals surface area (Å²) < 4.78 is 1.91. The van der Waals surface area contributed by atoms with Gasteiger partial charge in [0, 0.05) is 34.4 Å². The molecule has 0 aliphatic rings. The average molecular weight is 298 g/mol. The summed E-state index contributed by atoms with van der Waals surface area (Å²) in [6.45, 7) is 2.93. The number of aromatic nitrogens is 2. The van der Waals surface area contributed by atoms with E-state index in [4.69, 9.17) is 23.2 Å². The summed E-state index contributed by atoms with van der Waals surface area (Å²) in [6, 6.07) is 5.74. The first-order valence-electron chi connectivity index (χ1n) is 6.28. The molecule has 1 aromatic carbocycles. The minimum atomic E-state index is 0.151. The Kier molecular flexibility index (Phi) is 4.86. The maximum atomic E-state index is 6.22. The molecule has 0 saturated heterocycles. The molecule has 0 spiro atoms. The molecule has 1 unspecified atom stereocenters. The van der Waals surface area contributed by atoms with Crippen molar-refractivity contribution in [3.63, 3.8) is 0 Å². The molecule has 3 nitrogen and oxygen atoms in total. The van der Waals surface area contributed by atoms with E-state index in [1.165, 1.54) is 0 Å². The fourth-order valence-corrected chi connectivity index (χ4v) is 2.60. The van der Waals surface area contributed by atoms with Crippen LogP contribution in [0, 0.1) is 0 Å². The first-order chi connectivity index (χ1) is 9.15. The highest BCUT2D eigenvalue weighted by Gasteiger charge is 2.16. The number of rotatable bonds is 5. The summed E-state index contributed by atoms with van der Waals surface area (Å²) >= 11 is 12.4. The summed E-state index contributed by atoms with van der Waals surface area (Å²) in [5.74, 6) is 0. The van der Waals surface area contributed by atoms with Crippen molar-refractivity contribution in [2.75, 3.05) is 7.05 Å². The van der Waals surface area contributed by atoms with Crippen molar-refractivity contribution >= 4 is 23.2 Å². The molecule has 0 saturated carbocycles. The molecule has 2 aromatic rings. The molecule has 0 bridgehead atoms. The number of benzene rings is 1.